The Balaban J connectivity index is 2.10. The number of hydrogen-bond donors (Lipinski definition) is 1. The molecule has 0 atom stereocenters. The number of carbonyl (C=O) groups is 1. The largest absolute Gasteiger partial charge is 0.396 e. The van der Waals surface area contributed by atoms with Crippen molar-refractivity contribution in [1.82, 2.24) is 14.7 Å². The van der Waals surface area contributed by atoms with Crippen LogP contribution in [-0.2, 0) is 17.3 Å². The molecule has 1 aromatic rings. The van der Waals surface area contributed by atoms with Gasteiger partial charge in [0.1, 0.15) is 0 Å². The van der Waals surface area contributed by atoms with Crippen LogP contribution >= 0.6 is 0 Å². The third-order valence-electron chi connectivity index (χ3n) is 3.78. The SMILES string of the molecule is Cn1cc(C(C)(C)C(=O)N2CC(C)(CO)C2)cn1. The van der Waals surface area contributed by atoms with Crippen molar-refractivity contribution < 1.29 is 9.90 Å². The molecule has 0 unspecified atom stereocenters. The van der Waals surface area contributed by atoms with Crippen LogP contribution in [0.15, 0.2) is 12.4 Å². The molecular weight excluding hydrogens is 230 g/mol. The third kappa shape index (κ3) is 2.03. The highest BCUT2D eigenvalue weighted by Gasteiger charge is 2.45. The van der Waals surface area contributed by atoms with E-state index in [9.17, 15) is 9.90 Å². The van der Waals surface area contributed by atoms with E-state index >= 15 is 0 Å². The normalized spacial score (nSPS) is 18.6. The standard InChI is InChI=1S/C13H21N3O2/c1-12(2,10-5-14-15(4)6-10)11(18)16-7-13(3,8-16)9-17/h5-6,17H,7-9H2,1-4H3. The molecule has 1 aliphatic rings. The van der Waals surface area contributed by atoms with E-state index in [4.69, 9.17) is 0 Å². The van der Waals surface area contributed by atoms with E-state index in [0.29, 0.717) is 13.1 Å². The second-order valence-electron chi connectivity index (χ2n) is 6.16. The van der Waals surface area contributed by atoms with Crippen LogP contribution in [-0.4, -0.2) is 45.4 Å². The molecule has 18 heavy (non-hydrogen) atoms. The summed E-state index contributed by atoms with van der Waals surface area (Å²) < 4.78 is 1.71. The van der Waals surface area contributed by atoms with Crippen LogP contribution in [0.1, 0.15) is 26.3 Å². The molecule has 2 rings (SSSR count). The number of carbonyl (C=O) groups excluding carboxylic acids is 1. The molecule has 0 bridgehead atoms. The number of aromatic nitrogens is 2. The van der Waals surface area contributed by atoms with Crippen molar-refractivity contribution in [3.05, 3.63) is 18.0 Å². The first-order valence-electron chi connectivity index (χ1n) is 6.18. The van der Waals surface area contributed by atoms with E-state index in [1.165, 1.54) is 0 Å². The van der Waals surface area contributed by atoms with Crippen LogP contribution in [0.5, 0.6) is 0 Å². The number of rotatable bonds is 3. The summed E-state index contributed by atoms with van der Waals surface area (Å²) in [4.78, 5) is 14.3. The summed E-state index contributed by atoms with van der Waals surface area (Å²) in [7, 11) is 1.84. The lowest BCUT2D eigenvalue weighted by Gasteiger charge is -2.49. The topological polar surface area (TPSA) is 58.4 Å². The highest BCUT2D eigenvalue weighted by Crippen LogP contribution is 2.34. The average Bonchev–Trinajstić information content (AvgIpc) is 2.71. The fourth-order valence-electron chi connectivity index (χ4n) is 2.38. The van der Waals surface area contributed by atoms with Crippen LogP contribution in [0.2, 0.25) is 0 Å². The van der Waals surface area contributed by atoms with Crippen LogP contribution in [0.3, 0.4) is 0 Å². The minimum atomic E-state index is -0.564. The fraction of sp³-hybridized carbons (Fsp3) is 0.692. The molecule has 1 N–H and O–H groups in total. The van der Waals surface area contributed by atoms with Crippen LogP contribution in [0, 0.1) is 5.41 Å². The van der Waals surface area contributed by atoms with Crippen molar-refractivity contribution in [2.24, 2.45) is 12.5 Å². The second-order valence-corrected chi connectivity index (χ2v) is 6.16. The minimum Gasteiger partial charge on any atom is -0.396 e. The fourth-order valence-corrected chi connectivity index (χ4v) is 2.38. The summed E-state index contributed by atoms with van der Waals surface area (Å²) in [6, 6.07) is 0. The van der Waals surface area contributed by atoms with Crippen molar-refractivity contribution >= 4 is 5.91 Å². The smallest absolute Gasteiger partial charge is 0.232 e. The van der Waals surface area contributed by atoms with Gasteiger partial charge in [0.25, 0.3) is 0 Å². The molecule has 1 saturated heterocycles. The number of aliphatic hydroxyl groups is 1. The van der Waals surface area contributed by atoms with E-state index in [1.807, 2.05) is 38.9 Å². The number of aryl methyl sites for hydroxylation is 1. The first kappa shape index (κ1) is 13.1. The highest BCUT2D eigenvalue weighted by atomic mass is 16.3. The summed E-state index contributed by atoms with van der Waals surface area (Å²) in [5, 5.41) is 13.3. The Kier molecular flexibility index (Phi) is 2.97. The Morgan fingerprint density at radius 1 is 1.56 bits per heavy atom. The molecule has 0 spiro atoms. The lowest BCUT2D eigenvalue weighted by molar-refractivity contribution is -0.150. The van der Waals surface area contributed by atoms with Gasteiger partial charge in [-0.1, -0.05) is 6.92 Å². The Bertz CT molecular complexity index is 459. The van der Waals surface area contributed by atoms with Gasteiger partial charge in [0.2, 0.25) is 5.91 Å². The lowest BCUT2D eigenvalue weighted by Crippen LogP contribution is -2.61. The summed E-state index contributed by atoms with van der Waals surface area (Å²) in [5.74, 6) is 0.0985. The molecule has 0 aromatic carbocycles. The number of amides is 1. The van der Waals surface area contributed by atoms with Crippen LogP contribution in [0.25, 0.3) is 0 Å². The Morgan fingerprint density at radius 3 is 2.61 bits per heavy atom. The monoisotopic (exact) mass is 251 g/mol. The second kappa shape index (κ2) is 4.09. The molecule has 5 heteroatoms. The quantitative estimate of drug-likeness (QED) is 0.853. The minimum absolute atomic E-state index is 0.0985. The number of aliphatic hydroxyl groups excluding tert-OH is 1. The molecular formula is C13H21N3O2. The van der Waals surface area contributed by atoms with Gasteiger partial charge in [0, 0.05) is 37.3 Å². The van der Waals surface area contributed by atoms with Gasteiger partial charge in [-0.3, -0.25) is 9.48 Å². The first-order chi connectivity index (χ1) is 8.28. The summed E-state index contributed by atoms with van der Waals surface area (Å²) >= 11 is 0. The molecule has 2 heterocycles. The Labute approximate surface area is 107 Å². The highest BCUT2D eigenvalue weighted by molar-refractivity contribution is 5.88. The predicted molar refractivity (Wildman–Crippen MR) is 68.0 cm³/mol. The average molecular weight is 251 g/mol. The molecule has 1 aromatic heterocycles. The Morgan fingerprint density at radius 2 is 2.17 bits per heavy atom. The number of likely N-dealkylation sites (tertiary alicyclic amines) is 1. The van der Waals surface area contributed by atoms with Gasteiger partial charge in [0.05, 0.1) is 18.2 Å². The lowest BCUT2D eigenvalue weighted by atomic mass is 9.78. The molecule has 0 aliphatic carbocycles. The van der Waals surface area contributed by atoms with Crippen LogP contribution in [0.4, 0.5) is 0 Å². The van der Waals surface area contributed by atoms with Gasteiger partial charge in [-0.25, -0.2) is 0 Å². The van der Waals surface area contributed by atoms with Crippen LogP contribution < -0.4 is 0 Å². The number of hydrogen-bond acceptors (Lipinski definition) is 3. The van der Waals surface area contributed by atoms with Crippen molar-refractivity contribution in [3.63, 3.8) is 0 Å². The maximum atomic E-state index is 12.5. The Hall–Kier alpha value is -1.36. The molecule has 1 aliphatic heterocycles. The van der Waals surface area contributed by atoms with Crippen molar-refractivity contribution in [2.75, 3.05) is 19.7 Å². The third-order valence-corrected chi connectivity index (χ3v) is 3.78. The summed E-state index contributed by atoms with van der Waals surface area (Å²) in [5.41, 5.74) is 0.235. The van der Waals surface area contributed by atoms with Gasteiger partial charge in [0.15, 0.2) is 0 Å². The van der Waals surface area contributed by atoms with Gasteiger partial charge >= 0.3 is 0 Å². The molecule has 5 nitrogen and oxygen atoms in total. The van der Waals surface area contributed by atoms with E-state index in [2.05, 4.69) is 5.10 Å². The molecule has 1 amide bonds. The van der Waals surface area contributed by atoms with Gasteiger partial charge in [-0.2, -0.15) is 5.10 Å². The predicted octanol–water partition coefficient (Wildman–Crippen LogP) is 0.538. The zero-order chi connectivity index (χ0) is 13.6. The van der Waals surface area contributed by atoms with Gasteiger partial charge in [-0.05, 0) is 13.8 Å². The van der Waals surface area contributed by atoms with Gasteiger partial charge in [-0.15, -0.1) is 0 Å². The van der Waals surface area contributed by atoms with Crippen molar-refractivity contribution in [1.29, 1.82) is 0 Å². The molecule has 1 fully saturated rings. The van der Waals surface area contributed by atoms with E-state index < -0.39 is 5.41 Å². The van der Waals surface area contributed by atoms with E-state index in [1.54, 1.807) is 10.9 Å². The first-order valence-corrected chi connectivity index (χ1v) is 6.18. The molecule has 0 radical (unpaired) electrons. The van der Waals surface area contributed by atoms with E-state index in [0.717, 1.165) is 5.56 Å². The summed E-state index contributed by atoms with van der Waals surface area (Å²) in [6.45, 7) is 7.22. The maximum Gasteiger partial charge on any atom is 0.232 e. The molecule has 100 valence electrons. The maximum absolute atomic E-state index is 12.5. The van der Waals surface area contributed by atoms with Crippen molar-refractivity contribution in [3.8, 4) is 0 Å². The van der Waals surface area contributed by atoms with E-state index in [-0.39, 0.29) is 17.9 Å². The van der Waals surface area contributed by atoms with Crippen molar-refractivity contribution in [2.45, 2.75) is 26.2 Å². The molecule has 0 saturated carbocycles. The summed E-state index contributed by atoms with van der Waals surface area (Å²) in [6.07, 6.45) is 3.62. The zero-order valence-corrected chi connectivity index (χ0v) is 11.5. The zero-order valence-electron chi connectivity index (χ0n) is 11.5. The number of nitrogens with zero attached hydrogens (tertiary/aromatic N) is 3. The van der Waals surface area contributed by atoms with Gasteiger partial charge < -0.3 is 10.0 Å².